The van der Waals surface area contributed by atoms with Crippen LogP contribution >= 0.6 is 0 Å². The van der Waals surface area contributed by atoms with Gasteiger partial charge in [0.25, 0.3) is 0 Å². The van der Waals surface area contributed by atoms with E-state index in [0.717, 1.165) is 13.1 Å². The van der Waals surface area contributed by atoms with Gasteiger partial charge in [0.05, 0.1) is 0 Å². The molecular weight excluding hydrogens is 206 g/mol. The quantitative estimate of drug-likeness (QED) is 0.765. The van der Waals surface area contributed by atoms with Crippen molar-refractivity contribution >= 4 is 6.08 Å². The lowest BCUT2D eigenvalue weighted by atomic mass is 10.2. The lowest BCUT2D eigenvalue weighted by molar-refractivity contribution is 0.761. The molecule has 17 heavy (non-hydrogen) atoms. The highest BCUT2D eigenvalue weighted by Gasteiger charge is 1.88. The molecule has 1 heteroatoms. The molecule has 1 nitrogen and oxygen atoms in total. The molecule has 0 unspecified atom stereocenters. The Labute approximate surface area is 103 Å². The van der Waals surface area contributed by atoms with Crippen molar-refractivity contribution in [1.29, 1.82) is 0 Å². The SMILES string of the molecule is C(=C\c1ccccc1)/CNCc1ccccc1. The van der Waals surface area contributed by atoms with Gasteiger partial charge in [0.2, 0.25) is 0 Å². The van der Waals surface area contributed by atoms with Gasteiger partial charge in [-0.05, 0) is 11.1 Å². The van der Waals surface area contributed by atoms with Gasteiger partial charge in [0.1, 0.15) is 0 Å². The van der Waals surface area contributed by atoms with Crippen LogP contribution in [-0.4, -0.2) is 6.54 Å². The van der Waals surface area contributed by atoms with Crippen LogP contribution in [0.4, 0.5) is 0 Å². The number of benzene rings is 2. The molecule has 0 bridgehead atoms. The molecule has 2 rings (SSSR count). The predicted molar refractivity (Wildman–Crippen MR) is 73.6 cm³/mol. The van der Waals surface area contributed by atoms with E-state index >= 15 is 0 Å². The van der Waals surface area contributed by atoms with Crippen molar-refractivity contribution in [2.45, 2.75) is 6.54 Å². The zero-order valence-electron chi connectivity index (χ0n) is 9.84. The molecule has 0 aliphatic carbocycles. The fraction of sp³-hybridized carbons (Fsp3) is 0.125. The largest absolute Gasteiger partial charge is 0.309 e. The molecule has 0 aliphatic heterocycles. The van der Waals surface area contributed by atoms with E-state index in [9.17, 15) is 0 Å². The van der Waals surface area contributed by atoms with E-state index in [0.29, 0.717) is 0 Å². The molecule has 0 heterocycles. The summed E-state index contributed by atoms with van der Waals surface area (Å²) in [5, 5.41) is 3.39. The summed E-state index contributed by atoms with van der Waals surface area (Å²) in [6, 6.07) is 20.8. The highest BCUT2D eigenvalue weighted by atomic mass is 14.8. The molecule has 0 amide bonds. The van der Waals surface area contributed by atoms with Crippen molar-refractivity contribution in [3.05, 3.63) is 77.9 Å². The highest BCUT2D eigenvalue weighted by molar-refractivity contribution is 5.48. The summed E-state index contributed by atoms with van der Waals surface area (Å²) in [5.74, 6) is 0. The van der Waals surface area contributed by atoms with Crippen molar-refractivity contribution in [1.82, 2.24) is 5.32 Å². The van der Waals surface area contributed by atoms with E-state index in [1.54, 1.807) is 0 Å². The second-order valence-electron chi connectivity index (χ2n) is 3.93. The van der Waals surface area contributed by atoms with Gasteiger partial charge in [-0.2, -0.15) is 0 Å². The average Bonchev–Trinajstić information content (AvgIpc) is 2.41. The first-order chi connectivity index (χ1) is 8.45. The molecule has 0 aliphatic rings. The third kappa shape index (κ3) is 4.25. The standard InChI is InChI=1S/C16H17N/c1-3-8-15(9-4-1)12-7-13-17-14-16-10-5-2-6-11-16/h1-12,17H,13-14H2/b12-7+. The van der Waals surface area contributed by atoms with E-state index in [4.69, 9.17) is 0 Å². The van der Waals surface area contributed by atoms with Crippen LogP contribution in [0.15, 0.2) is 66.7 Å². The Hall–Kier alpha value is -1.86. The molecule has 0 radical (unpaired) electrons. The fourth-order valence-electron chi connectivity index (χ4n) is 1.65. The third-order valence-corrected chi connectivity index (χ3v) is 2.54. The maximum atomic E-state index is 3.39. The first-order valence-electron chi connectivity index (χ1n) is 5.91. The summed E-state index contributed by atoms with van der Waals surface area (Å²) in [6.45, 7) is 1.81. The average molecular weight is 223 g/mol. The van der Waals surface area contributed by atoms with E-state index in [2.05, 4.69) is 66.0 Å². The summed E-state index contributed by atoms with van der Waals surface area (Å²) in [4.78, 5) is 0. The summed E-state index contributed by atoms with van der Waals surface area (Å²) < 4.78 is 0. The maximum Gasteiger partial charge on any atom is 0.0208 e. The van der Waals surface area contributed by atoms with Gasteiger partial charge in [0, 0.05) is 13.1 Å². The second-order valence-corrected chi connectivity index (χ2v) is 3.93. The topological polar surface area (TPSA) is 12.0 Å². The van der Waals surface area contributed by atoms with Gasteiger partial charge >= 0.3 is 0 Å². The van der Waals surface area contributed by atoms with Crippen LogP contribution in [0, 0.1) is 0 Å². The molecule has 1 N–H and O–H groups in total. The molecule has 0 fully saturated rings. The van der Waals surface area contributed by atoms with Gasteiger partial charge in [-0.3, -0.25) is 0 Å². The van der Waals surface area contributed by atoms with Crippen molar-refractivity contribution < 1.29 is 0 Å². The summed E-state index contributed by atoms with van der Waals surface area (Å²) in [5.41, 5.74) is 2.56. The molecule has 86 valence electrons. The maximum absolute atomic E-state index is 3.39. The molecule has 0 aromatic heterocycles. The van der Waals surface area contributed by atoms with Crippen molar-refractivity contribution in [3.8, 4) is 0 Å². The van der Waals surface area contributed by atoms with Crippen LogP contribution < -0.4 is 5.32 Å². The monoisotopic (exact) mass is 223 g/mol. The van der Waals surface area contributed by atoms with Gasteiger partial charge < -0.3 is 5.32 Å². The number of nitrogens with one attached hydrogen (secondary N) is 1. The summed E-state index contributed by atoms with van der Waals surface area (Å²) >= 11 is 0. The molecule has 0 atom stereocenters. The third-order valence-electron chi connectivity index (χ3n) is 2.54. The molecule has 0 saturated carbocycles. The van der Waals surface area contributed by atoms with Crippen LogP contribution in [0.5, 0.6) is 0 Å². The van der Waals surface area contributed by atoms with Crippen molar-refractivity contribution in [2.24, 2.45) is 0 Å². The van der Waals surface area contributed by atoms with Crippen molar-refractivity contribution in [2.75, 3.05) is 6.54 Å². The van der Waals surface area contributed by atoms with Gasteiger partial charge in [-0.15, -0.1) is 0 Å². The first kappa shape index (κ1) is 11.6. The minimum Gasteiger partial charge on any atom is -0.309 e. The van der Waals surface area contributed by atoms with Crippen LogP contribution in [0.3, 0.4) is 0 Å². The Balaban J connectivity index is 1.72. The van der Waals surface area contributed by atoms with Crippen LogP contribution in [0.25, 0.3) is 6.08 Å². The number of hydrogen-bond acceptors (Lipinski definition) is 1. The Morgan fingerprint density at radius 1 is 0.824 bits per heavy atom. The lowest BCUT2D eigenvalue weighted by Gasteiger charge is -2.01. The molecule has 2 aromatic carbocycles. The minimum atomic E-state index is 0.893. The second kappa shape index (κ2) is 6.66. The Bertz CT molecular complexity index is 445. The Morgan fingerprint density at radius 2 is 1.47 bits per heavy atom. The first-order valence-corrected chi connectivity index (χ1v) is 5.91. The van der Waals surface area contributed by atoms with Crippen molar-refractivity contribution in [3.63, 3.8) is 0 Å². The zero-order valence-corrected chi connectivity index (χ0v) is 9.84. The van der Waals surface area contributed by atoms with E-state index < -0.39 is 0 Å². The van der Waals surface area contributed by atoms with E-state index in [1.807, 2.05) is 12.1 Å². The summed E-state index contributed by atoms with van der Waals surface area (Å²) in [7, 11) is 0. The smallest absolute Gasteiger partial charge is 0.0208 e. The normalized spacial score (nSPS) is 10.8. The van der Waals surface area contributed by atoms with Crippen LogP contribution in [0.2, 0.25) is 0 Å². The molecule has 0 spiro atoms. The fourth-order valence-corrected chi connectivity index (χ4v) is 1.65. The molecule has 0 saturated heterocycles. The van der Waals surface area contributed by atoms with Gasteiger partial charge in [0.15, 0.2) is 0 Å². The van der Waals surface area contributed by atoms with E-state index in [1.165, 1.54) is 11.1 Å². The molecule has 2 aromatic rings. The van der Waals surface area contributed by atoms with Crippen LogP contribution in [0.1, 0.15) is 11.1 Å². The highest BCUT2D eigenvalue weighted by Crippen LogP contribution is 2.00. The minimum absolute atomic E-state index is 0.893. The number of rotatable bonds is 5. The zero-order chi connectivity index (χ0) is 11.8. The number of hydrogen-bond donors (Lipinski definition) is 1. The lowest BCUT2D eigenvalue weighted by Crippen LogP contribution is -2.12. The predicted octanol–water partition coefficient (Wildman–Crippen LogP) is 3.49. The van der Waals surface area contributed by atoms with Gasteiger partial charge in [-0.25, -0.2) is 0 Å². The van der Waals surface area contributed by atoms with Crippen LogP contribution in [-0.2, 0) is 6.54 Å². The molecular formula is C16H17N. The van der Waals surface area contributed by atoms with E-state index in [-0.39, 0.29) is 0 Å². The summed E-state index contributed by atoms with van der Waals surface area (Å²) in [6.07, 6.45) is 4.29. The Morgan fingerprint density at radius 3 is 2.18 bits per heavy atom. The Kier molecular flexibility index (Phi) is 4.56. The van der Waals surface area contributed by atoms with Gasteiger partial charge in [-0.1, -0.05) is 72.8 Å².